The highest BCUT2D eigenvalue weighted by Gasteiger charge is 2.24. The molecule has 0 amide bonds. The fourth-order valence-electron chi connectivity index (χ4n) is 6.54. The molecule has 5 heteroatoms. The van der Waals surface area contributed by atoms with Crippen LogP contribution in [-0.2, 0) is 17.8 Å². The van der Waals surface area contributed by atoms with Crippen LogP contribution in [0.3, 0.4) is 0 Å². The second-order valence-corrected chi connectivity index (χ2v) is 11.4. The van der Waals surface area contributed by atoms with Crippen molar-refractivity contribution in [3.63, 3.8) is 0 Å². The van der Waals surface area contributed by atoms with E-state index in [1.165, 1.54) is 58.8 Å². The molecule has 1 atom stereocenters. The number of ether oxygens (including phenoxy) is 1. The number of rotatable bonds is 10. The van der Waals surface area contributed by atoms with Gasteiger partial charge in [-0.15, -0.1) is 0 Å². The lowest BCUT2D eigenvalue weighted by atomic mass is 9.86. The van der Waals surface area contributed by atoms with Crippen molar-refractivity contribution in [3.05, 3.63) is 70.9 Å². The molecule has 1 unspecified atom stereocenters. The van der Waals surface area contributed by atoms with Gasteiger partial charge in [-0.3, -0.25) is 0 Å². The van der Waals surface area contributed by atoms with Crippen molar-refractivity contribution >= 4 is 10.9 Å². The summed E-state index contributed by atoms with van der Waals surface area (Å²) >= 11 is 0. The number of aromatic nitrogens is 1. The molecule has 1 aromatic heterocycles. The van der Waals surface area contributed by atoms with Gasteiger partial charge in [0.2, 0.25) is 0 Å². The zero-order valence-corrected chi connectivity index (χ0v) is 22.8. The number of benzene rings is 2. The molecule has 1 aliphatic carbocycles. The molecule has 2 heterocycles. The van der Waals surface area contributed by atoms with Gasteiger partial charge in [-0.2, -0.15) is 0 Å². The molecule has 2 aromatic carbocycles. The van der Waals surface area contributed by atoms with E-state index < -0.39 is 0 Å². The molecule has 37 heavy (non-hydrogen) atoms. The van der Waals surface area contributed by atoms with Crippen LogP contribution in [-0.4, -0.2) is 43.5 Å². The van der Waals surface area contributed by atoms with E-state index in [-0.39, 0.29) is 0 Å². The summed E-state index contributed by atoms with van der Waals surface area (Å²) in [7, 11) is 2.10. The third-order valence-corrected chi connectivity index (χ3v) is 8.83. The summed E-state index contributed by atoms with van der Waals surface area (Å²) in [6, 6.07) is 17.3. The van der Waals surface area contributed by atoms with E-state index in [4.69, 9.17) is 10.5 Å². The lowest BCUT2D eigenvalue weighted by Crippen LogP contribution is -2.39. The second-order valence-electron chi connectivity index (χ2n) is 11.4. The quantitative estimate of drug-likeness (QED) is 0.344. The van der Waals surface area contributed by atoms with Crippen molar-refractivity contribution in [1.29, 1.82) is 0 Å². The van der Waals surface area contributed by atoms with Crippen LogP contribution in [0.25, 0.3) is 10.9 Å². The largest absolute Gasteiger partial charge is 0.381 e. The minimum Gasteiger partial charge on any atom is -0.381 e. The Morgan fingerprint density at radius 1 is 1.00 bits per heavy atom. The number of hydrogen-bond donors (Lipinski definition) is 3. The molecular formula is C32H46N4O. The maximum absolute atomic E-state index is 6.10. The van der Waals surface area contributed by atoms with Crippen molar-refractivity contribution in [2.24, 2.45) is 11.7 Å². The predicted molar refractivity (Wildman–Crippen MR) is 154 cm³/mol. The first-order valence-corrected chi connectivity index (χ1v) is 14.5. The summed E-state index contributed by atoms with van der Waals surface area (Å²) in [5, 5.41) is 8.76. The van der Waals surface area contributed by atoms with E-state index >= 15 is 0 Å². The Balaban J connectivity index is 1.43. The van der Waals surface area contributed by atoms with Crippen LogP contribution in [0.1, 0.15) is 73.1 Å². The summed E-state index contributed by atoms with van der Waals surface area (Å²) in [4.78, 5) is 0. The average Bonchev–Trinajstić information content (AvgIpc) is 3.29. The number of nitrogens with two attached hydrogens (primary N) is 1. The first-order chi connectivity index (χ1) is 18.1. The summed E-state index contributed by atoms with van der Waals surface area (Å²) in [5.74, 6) is 1.03. The summed E-state index contributed by atoms with van der Waals surface area (Å²) in [5.41, 5.74) is 12.8. The lowest BCUT2D eigenvalue weighted by Gasteiger charge is -2.29. The Kier molecular flexibility index (Phi) is 8.98. The fourth-order valence-corrected chi connectivity index (χ4v) is 6.54. The molecular weight excluding hydrogens is 456 g/mol. The number of nitrogens with one attached hydrogen (secondary N) is 2. The van der Waals surface area contributed by atoms with Crippen molar-refractivity contribution < 1.29 is 4.74 Å². The summed E-state index contributed by atoms with van der Waals surface area (Å²) < 4.78 is 8.16. The fraction of sp³-hybridized carbons (Fsp3) is 0.562. The molecule has 0 bridgehead atoms. The second kappa shape index (κ2) is 12.6. The van der Waals surface area contributed by atoms with E-state index in [1.807, 2.05) is 0 Å². The highest BCUT2D eigenvalue weighted by molar-refractivity contribution is 5.86. The van der Waals surface area contributed by atoms with Crippen LogP contribution >= 0.6 is 0 Å². The van der Waals surface area contributed by atoms with E-state index in [0.29, 0.717) is 30.5 Å². The third kappa shape index (κ3) is 6.46. The molecule has 0 spiro atoms. The topological polar surface area (TPSA) is 64.2 Å². The van der Waals surface area contributed by atoms with Crippen LogP contribution in [0.5, 0.6) is 0 Å². The number of aryl methyl sites for hydroxylation is 1. The smallest absolute Gasteiger partial charge is 0.0483 e. The van der Waals surface area contributed by atoms with Gasteiger partial charge < -0.3 is 25.7 Å². The minimum atomic E-state index is 0.354. The van der Waals surface area contributed by atoms with Gasteiger partial charge in [-0.05, 0) is 100 Å². The van der Waals surface area contributed by atoms with Crippen LogP contribution in [0.2, 0.25) is 0 Å². The summed E-state index contributed by atoms with van der Waals surface area (Å²) in [6.45, 7) is 6.67. The first kappa shape index (κ1) is 26.4. The average molecular weight is 503 g/mol. The molecule has 2 fully saturated rings. The van der Waals surface area contributed by atoms with E-state index in [2.05, 4.69) is 77.8 Å². The Bertz CT molecular complexity index is 1140. The number of fused-ring (bicyclic) bond motifs is 1. The summed E-state index contributed by atoms with van der Waals surface area (Å²) in [6.07, 6.45) is 10.9. The minimum absolute atomic E-state index is 0.354. The van der Waals surface area contributed by atoms with Crippen molar-refractivity contribution in [1.82, 2.24) is 15.2 Å². The molecule has 200 valence electrons. The van der Waals surface area contributed by atoms with Gasteiger partial charge in [0, 0.05) is 61.4 Å². The highest BCUT2D eigenvalue weighted by atomic mass is 16.5. The van der Waals surface area contributed by atoms with E-state index in [1.54, 1.807) is 0 Å². The normalized spacial score (nSPS) is 21.9. The Labute approximate surface area is 223 Å². The van der Waals surface area contributed by atoms with Gasteiger partial charge in [-0.1, -0.05) is 35.9 Å². The molecule has 1 aliphatic heterocycles. The van der Waals surface area contributed by atoms with Crippen molar-refractivity contribution in [2.75, 3.05) is 26.8 Å². The number of nitrogens with zero attached hydrogens (tertiary/aromatic N) is 1. The maximum Gasteiger partial charge on any atom is 0.0483 e. The SMILES string of the molecule is CNC1CCC(NCCC(c2cccc(C)c2)c2cn(CC3CCOCC3)c3ccc(CN)cc23)CC1. The lowest BCUT2D eigenvalue weighted by molar-refractivity contribution is 0.0616. The van der Waals surface area contributed by atoms with Crippen LogP contribution in [0.15, 0.2) is 48.7 Å². The van der Waals surface area contributed by atoms with Gasteiger partial charge in [0.25, 0.3) is 0 Å². The molecule has 5 nitrogen and oxygen atoms in total. The first-order valence-electron chi connectivity index (χ1n) is 14.5. The van der Waals surface area contributed by atoms with Crippen LogP contribution < -0.4 is 16.4 Å². The maximum atomic E-state index is 6.10. The monoisotopic (exact) mass is 502 g/mol. The molecule has 3 aromatic rings. The molecule has 5 rings (SSSR count). The molecule has 1 saturated carbocycles. The molecule has 2 aliphatic rings. The molecule has 1 saturated heterocycles. The number of hydrogen-bond acceptors (Lipinski definition) is 4. The zero-order valence-electron chi connectivity index (χ0n) is 22.8. The van der Waals surface area contributed by atoms with E-state index in [0.717, 1.165) is 45.6 Å². The molecule has 4 N–H and O–H groups in total. The van der Waals surface area contributed by atoms with Gasteiger partial charge in [0.05, 0.1) is 0 Å². The standard InChI is InChI=1S/C32H46N4O/c1-23-4-3-5-26(18-23)29(12-15-35-28-9-7-27(34-2)8-10-28)31-22-36(21-24-13-16-37-17-14-24)32-11-6-25(20-33)19-30(31)32/h3-6,11,18-19,22,24,27-29,34-35H,7-10,12-17,20-21,33H2,1-2H3. The third-order valence-electron chi connectivity index (χ3n) is 8.83. The zero-order chi connectivity index (χ0) is 25.6. The van der Waals surface area contributed by atoms with Crippen LogP contribution in [0, 0.1) is 12.8 Å². The Morgan fingerprint density at radius 2 is 1.78 bits per heavy atom. The highest BCUT2D eigenvalue weighted by Crippen LogP contribution is 2.36. The predicted octanol–water partition coefficient (Wildman–Crippen LogP) is 5.48. The van der Waals surface area contributed by atoms with Gasteiger partial charge >= 0.3 is 0 Å². The van der Waals surface area contributed by atoms with Crippen molar-refractivity contribution in [2.45, 2.75) is 83.0 Å². The Hall–Kier alpha value is -2.18. The van der Waals surface area contributed by atoms with E-state index in [9.17, 15) is 0 Å². The van der Waals surface area contributed by atoms with Gasteiger partial charge in [0.15, 0.2) is 0 Å². The Morgan fingerprint density at radius 3 is 2.51 bits per heavy atom. The van der Waals surface area contributed by atoms with Crippen molar-refractivity contribution in [3.8, 4) is 0 Å². The molecule has 0 radical (unpaired) electrons. The van der Waals surface area contributed by atoms with Crippen LogP contribution in [0.4, 0.5) is 0 Å². The van der Waals surface area contributed by atoms with Gasteiger partial charge in [0.1, 0.15) is 0 Å². The van der Waals surface area contributed by atoms with Gasteiger partial charge in [-0.25, -0.2) is 0 Å².